The monoisotopic (exact) mass is 434 g/mol. The van der Waals surface area contributed by atoms with Crippen LogP contribution in [0.5, 0.6) is 0 Å². The van der Waals surface area contributed by atoms with E-state index in [1.165, 1.54) is 0 Å². The average Bonchev–Trinajstić information content (AvgIpc) is 3.44. The smallest absolute Gasteiger partial charge is 0.410 e. The Hall–Kier alpha value is -2.32. The van der Waals surface area contributed by atoms with Gasteiger partial charge < -0.3 is 15.0 Å². The molecule has 1 saturated carbocycles. The Morgan fingerprint density at radius 2 is 1.87 bits per heavy atom. The lowest BCUT2D eigenvalue weighted by molar-refractivity contribution is -0.139. The molecule has 4 aliphatic rings. The van der Waals surface area contributed by atoms with Gasteiger partial charge in [-0.1, -0.05) is 27.2 Å². The summed E-state index contributed by atoms with van der Waals surface area (Å²) in [6.45, 7) is 8.32. The van der Waals surface area contributed by atoms with Gasteiger partial charge in [0.2, 0.25) is 5.91 Å². The minimum absolute atomic E-state index is 0.0643. The lowest BCUT2D eigenvalue weighted by Gasteiger charge is -2.42. The molecular weight excluding hydrogens is 400 g/mol. The van der Waals surface area contributed by atoms with Crippen molar-refractivity contribution >= 4 is 23.9 Å². The summed E-state index contributed by atoms with van der Waals surface area (Å²) in [5, 5.41) is 2.91. The van der Waals surface area contributed by atoms with Crippen molar-refractivity contribution in [3.63, 3.8) is 0 Å². The topological polar surface area (TPSA) is 99.3 Å². The molecule has 3 aliphatic heterocycles. The van der Waals surface area contributed by atoms with E-state index in [1.807, 2.05) is 0 Å². The third kappa shape index (κ3) is 3.87. The molecule has 0 aromatic carbocycles. The molecule has 3 heterocycles. The van der Waals surface area contributed by atoms with E-state index in [0.29, 0.717) is 51.4 Å². The largest absolute Gasteiger partial charge is 0.448 e. The lowest BCUT2D eigenvalue weighted by Crippen LogP contribution is -2.51. The maximum Gasteiger partial charge on any atom is 0.410 e. The van der Waals surface area contributed by atoms with Crippen molar-refractivity contribution in [1.82, 2.24) is 20.0 Å². The van der Waals surface area contributed by atoms with Crippen LogP contribution in [-0.2, 0) is 14.3 Å². The first-order chi connectivity index (χ1) is 14.7. The van der Waals surface area contributed by atoms with Crippen molar-refractivity contribution in [2.45, 2.75) is 70.9 Å². The first kappa shape index (κ1) is 21.9. The number of cyclic esters (lactones) is 1. The third-order valence-corrected chi connectivity index (χ3v) is 8.14. The summed E-state index contributed by atoms with van der Waals surface area (Å²) < 4.78 is 4.99. The predicted molar refractivity (Wildman–Crippen MR) is 112 cm³/mol. The van der Waals surface area contributed by atoms with Crippen LogP contribution in [0.4, 0.5) is 9.59 Å². The van der Waals surface area contributed by atoms with Gasteiger partial charge in [0.15, 0.2) is 0 Å². The van der Waals surface area contributed by atoms with Gasteiger partial charge in [0.05, 0.1) is 12.6 Å². The number of urea groups is 1. The summed E-state index contributed by atoms with van der Waals surface area (Å²) in [5.74, 6) is 0.0104. The number of ether oxygens (including phenoxy) is 1. The van der Waals surface area contributed by atoms with Crippen LogP contribution in [0.15, 0.2) is 0 Å². The van der Waals surface area contributed by atoms with Crippen LogP contribution in [0.25, 0.3) is 0 Å². The highest BCUT2D eigenvalue weighted by Crippen LogP contribution is 2.45. The molecule has 0 bridgehead atoms. The third-order valence-electron chi connectivity index (χ3n) is 8.14. The second kappa shape index (κ2) is 7.98. The van der Waals surface area contributed by atoms with E-state index < -0.39 is 11.6 Å². The summed E-state index contributed by atoms with van der Waals surface area (Å²) in [6.07, 6.45) is 4.47. The van der Waals surface area contributed by atoms with Gasteiger partial charge in [0.1, 0.15) is 18.7 Å². The zero-order valence-electron chi connectivity index (χ0n) is 18.8. The van der Waals surface area contributed by atoms with Crippen molar-refractivity contribution < 1.29 is 23.9 Å². The number of hydrogen-bond acceptors (Lipinski definition) is 5. The molecular formula is C22H34N4O5. The predicted octanol–water partition coefficient (Wildman–Crippen LogP) is 1.96. The van der Waals surface area contributed by atoms with Crippen LogP contribution >= 0.6 is 0 Å². The summed E-state index contributed by atoms with van der Waals surface area (Å²) in [6, 6.07) is -0.531. The number of carbonyl (C=O) groups excluding carboxylic acids is 4. The van der Waals surface area contributed by atoms with Crippen LogP contribution in [-0.4, -0.2) is 83.0 Å². The van der Waals surface area contributed by atoms with E-state index in [-0.39, 0.29) is 35.9 Å². The average molecular weight is 435 g/mol. The number of nitrogens with one attached hydrogen (secondary N) is 1. The number of imide groups is 1. The molecule has 0 aromatic rings. The summed E-state index contributed by atoms with van der Waals surface area (Å²) in [5.41, 5.74) is -0.637. The van der Waals surface area contributed by atoms with Crippen LogP contribution in [0.1, 0.15) is 59.3 Å². The molecule has 0 radical (unpaired) electrons. The van der Waals surface area contributed by atoms with Crippen molar-refractivity contribution in [2.24, 2.45) is 11.3 Å². The summed E-state index contributed by atoms with van der Waals surface area (Å²) in [7, 11) is 0. The highest BCUT2D eigenvalue weighted by molar-refractivity contribution is 6.09. The fourth-order valence-electron chi connectivity index (χ4n) is 5.53. The highest BCUT2D eigenvalue weighted by atomic mass is 16.6. The second-order valence-electron chi connectivity index (χ2n) is 10.1. The Morgan fingerprint density at radius 1 is 1.16 bits per heavy atom. The quantitative estimate of drug-likeness (QED) is 0.667. The fourth-order valence-corrected chi connectivity index (χ4v) is 5.53. The Labute approximate surface area is 183 Å². The zero-order chi connectivity index (χ0) is 22.4. The normalized spacial score (nSPS) is 31.6. The van der Waals surface area contributed by atoms with Gasteiger partial charge in [-0.25, -0.2) is 9.59 Å². The van der Waals surface area contributed by atoms with Crippen molar-refractivity contribution in [3.05, 3.63) is 0 Å². The Bertz CT molecular complexity index is 774. The summed E-state index contributed by atoms with van der Waals surface area (Å²) >= 11 is 0. The number of hydrogen-bond donors (Lipinski definition) is 1. The molecule has 4 rings (SSSR count). The van der Waals surface area contributed by atoms with Gasteiger partial charge in [-0.3, -0.25) is 19.4 Å². The molecule has 4 fully saturated rings. The van der Waals surface area contributed by atoms with Gasteiger partial charge >= 0.3 is 12.1 Å². The van der Waals surface area contributed by atoms with Gasteiger partial charge in [-0.15, -0.1) is 0 Å². The molecule has 31 heavy (non-hydrogen) atoms. The second-order valence-corrected chi connectivity index (χ2v) is 10.1. The lowest BCUT2D eigenvalue weighted by atomic mass is 9.65. The van der Waals surface area contributed by atoms with E-state index in [9.17, 15) is 19.2 Å². The molecule has 1 spiro atoms. The Kier molecular flexibility index (Phi) is 5.64. The molecule has 5 amide bonds. The molecule has 1 aliphatic carbocycles. The van der Waals surface area contributed by atoms with Crippen molar-refractivity contribution in [2.75, 3.05) is 32.8 Å². The minimum Gasteiger partial charge on any atom is -0.448 e. The number of rotatable bonds is 5. The Balaban J connectivity index is 1.35. The molecule has 0 aromatic heterocycles. The SMILES string of the molecule is CCC(C)(C)C1CCC2(CC1)NC(=O)N(CC(=O)N1CCC(N3CCOC3=O)C1)C2=O. The molecule has 3 saturated heterocycles. The first-order valence-electron chi connectivity index (χ1n) is 11.5. The molecule has 1 N–H and O–H groups in total. The first-order valence-corrected chi connectivity index (χ1v) is 11.5. The van der Waals surface area contributed by atoms with Crippen LogP contribution in [0, 0.1) is 11.3 Å². The maximum absolute atomic E-state index is 13.2. The van der Waals surface area contributed by atoms with Gasteiger partial charge in [-0.2, -0.15) is 0 Å². The molecule has 172 valence electrons. The highest BCUT2D eigenvalue weighted by Gasteiger charge is 2.54. The van der Waals surface area contributed by atoms with E-state index in [2.05, 4.69) is 26.1 Å². The number of likely N-dealkylation sites (tertiary alicyclic amines) is 1. The molecule has 1 atom stereocenters. The molecule has 9 nitrogen and oxygen atoms in total. The summed E-state index contributed by atoms with van der Waals surface area (Å²) in [4.78, 5) is 54.8. The van der Waals surface area contributed by atoms with E-state index in [0.717, 1.165) is 24.2 Å². The van der Waals surface area contributed by atoms with Crippen LogP contribution in [0.2, 0.25) is 0 Å². The Morgan fingerprint density at radius 3 is 2.48 bits per heavy atom. The van der Waals surface area contributed by atoms with Crippen molar-refractivity contribution in [3.8, 4) is 0 Å². The van der Waals surface area contributed by atoms with Gasteiger partial charge in [-0.05, 0) is 43.4 Å². The van der Waals surface area contributed by atoms with Gasteiger partial charge in [0.25, 0.3) is 5.91 Å². The van der Waals surface area contributed by atoms with Crippen LogP contribution in [0.3, 0.4) is 0 Å². The van der Waals surface area contributed by atoms with E-state index in [4.69, 9.17) is 4.74 Å². The maximum atomic E-state index is 13.2. The molecule has 9 heteroatoms. The zero-order valence-corrected chi connectivity index (χ0v) is 18.8. The van der Waals surface area contributed by atoms with E-state index >= 15 is 0 Å². The van der Waals surface area contributed by atoms with Crippen LogP contribution < -0.4 is 5.32 Å². The molecule has 1 unspecified atom stereocenters. The number of amides is 5. The van der Waals surface area contributed by atoms with Crippen molar-refractivity contribution in [1.29, 1.82) is 0 Å². The minimum atomic E-state index is -0.857. The number of carbonyl (C=O) groups is 4. The van der Waals surface area contributed by atoms with E-state index in [1.54, 1.807) is 9.80 Å². The van der Waals surface area contributed by atoms with Gasteiger partial charge in [0, 0.05) is 13.1 Å². The fraction of sp³-hybridized carbons (Fsp3) is 0.818. The standard InChI is InChI=1S/C22H34N4O5/c1-4-21(2,3)15-5-8-22(9-6-15)18(28)26(19(29)23-22)14-17(27)24-10-7-16(13-24)25-11-12-31-20(25)30/h15-16H,4-14H2,1-3H3,(H,23,29). The number of nitrogens with zero attached hydrogens (tertiary/aromatic N) is 3.